The zero-order chi connectivity index (χ0) is 12.1. The highest BCUT2D eigenvalue weighted by atomic mass is 79.9. The lowest BCUT2D eigenvalue weighted by Crippen LogP contribution is -2.26. The van der Waals surface area contributed by atoms with Crippen LogP contribution >= 0.6 is 71.0 Å². The van der Waals surface area contributed by atoms with E-state index in [1.54, 1.807) is 11.1 Å². The van der Waals surface area contributed by atoms with Crippen LogP contribution in [-0.2, 0) is 0 Å². The van der Waals surface area contributed by atoms with Gasteiger partial charge in [0.25, 0.3) is 0 Å². The van der Waals surface area contributed by atoms with Crippen molar-refractivity contribution in [2.75, 3.05) is 0 Å². The second-order valence-corrected chi connectivity index (χ2v) is 6.34. The predicted octanol–water partition coefficient (Wildman–Crippen LogP) is 6.08. The van der Waals surface area contributed by atoms with Gasteiger partial charge in [0.1, 0.15) is 0 Å². The molecular formula is C10H11Br3Cl2. The minimum absolute atomic E-state index is 0.324. The van der Waals surface area contributed by atoms with Crippen LogP contribution in [0, 0.1) is 0 Å². The van der Waals surface area contributed by atoms with Crippen molar-refractivity contribution in [2.45, 2.75) is 24.1 Å². The zero-order valence-corrected chi connectivity index (χ0v) is 14.5. The second kappa shape index (κ2) is 7.54. The van der Waals surface area contributed by atoms with Crippen LogP contribution in [0.4, 0.5) is 0 Å². The summed E-state index contributed by atoms with van der Waals surface area (Å²) < 4.78 is 0.848. The van der Waals surface area contributed by atoms with E-state index >= 15 is 0 Å². The first-order valence-corrected chi connectivity index (χ1v) is 7.54. The highest BCUT2D eigenvalue weighted by molar-refractivity contribution is 9.12. The first-order chi connectivity index (χ1) is 6.85. The summed E-state index contributed by atoms with van der Waals surface area (Å²) in [6.07, 6.45) is 3.73. The molecule has 0 heterocycles. The molecule has 15 heavy (non-hydrogen) atoms. The van der Waals surface area contributed by atoms with Crippen molar-refractivity contribution >= 4 is 71.0 Å². The summed E-state index contributed by atoms with van der Waals surface area (Å²) in [7, 11) is 0. The van der Waals surface area contributed by atoms with Crippen LogP contribution in [0.25, 0.3) is 0 Å². The van der Waals surface area contributed by atoms with E-state index in [-0.39, 0.29) is 5.38 Å². The standard InChI is InChI=1S/C10H11Br3Cl2/c1-7(6-12)5-8(13)9(14)10(2,15)3-4-11/h3-6,9H,1-2H3/b4-3+,7-6+,8-5-. The van der Waals surface area contributed by atoms with Crippen molar-refractivity contribution in [3.63, 3.8) is 0 Å². The molecule has 5 heteroatoms. The molecule has 0 saturated carbocycles. The predicted molar refractivity (Wildman–Crippen MR) is 81.7 cm³/mol. The Morgan fingerprint density at radius 1 is 1.40 bits per heavy atom. The van der Waals surface area contributed by atoms with Crippen LogP contribution in [-0.4, -0.2) is 10.3 Å². The van der Waals surface area contributed by atoms with Crippen LogP contribution in [0.1, 0.15) is 13.8 Å². The number of hydrogen-bond acceptors (Lipinski definition) is 0. The molecule has 0 aliphatic carbocycles. The summed E-state index contributed by atoms with van der Waals surface area (Å²) in [5.41, 5.74) is 1.06. The quantitative estimate of drug-likeness (QED) is 0.366. The van der Waals surface area contributed by atoms with E-state index in [1.807, 2.05) is 24.9 Å². The zero-order valence-electron chi connectivity index (χ0n) is 8.28. The first-order valence-electron chi connectivity index (χ1n) is 4.10. The van der Waals surface area contributed by atoms with Crippen LogP contribution < -0.4 is 0 Å². The van der Waals surface area contributed by atoms with E-state index in [0.717, 1.165) is 10.1 Å². The highest BCUT2D eigenvalue weighted by Gasteiger charge is 2.29. The molecule has 0 spiro atoms. The Labute approximate surface area is 126 Å². The molecule has 2 atom stereocenters. The van der Waals surface area contributed by atoms with Gasteiger partial charge in [-0.3, -0.25) is 0 Å². The van der Waals surface area contributed by atoms with Gasteiger partial charge in [0.2, 0.25) is 0 Å². The molecule has 0 aromatic carbocycles. The van der Waals surface area contributed by atoms with Gasteiger partial charge >= 0.3 is 0 Å². The maximum atomic E-state index is 6.26. The molecule has 0 nitrogen and oxygen atoms in total. The smallest absolute Gasteiger partial charge is 0.0874 e. The van der Waals surface area contributed by atoms with E-state index in [1.165, 1.54) is 0 Å². The van der Waals surface area contributed by atoms with E-state index in [4.69, 9.17) is 23.2 Å². The highest BCUT2D eigenvalue weighted by Crippen LogP contribution is 2.34. The Morgan fingerprint density at radius 3 is 2.33 bits per heavy atom. The number of allylic oxidation sites excluding steroid dienone is 4. The third-order valence-electron chi connectivity index (χ3n) is 1.66. The van der Waals surface area contributed by atoms with Gasteiger partial charge < -0.3 is 0 Å². The SMILES string of the molecule is CC(/C=C(\Br)C(Cl)C(C)(Cl)/C=C/Br)=C\Br. The number of alkyl halides is 2. The largest absolute Gasteiger partial charge is 0.115 e. The molecule has 86 valence electrons. The van der Waals surface area contributed by atoms with E-state index in [9.17, 15) is 0 Å². The Balaban J connectivity index is 4.86. The summed E-state index contributed by atoms with van der Waals surface area (Å²) in [4.78, 5) is 2.90. The molecule has 0 rings (SSSR count). The molecule has 0 N–H and O–H groups in total. The number of halogens is 5. The van der Waals surface area contributed by atoms with Crippen molar-refractivity contribution in [1.29, 1.82) is 0 Å². The van der Waals surface area contributed by atoms with E-state index in [0.29, 0.717) is 0 Å². The fourth-order valence-corrected chi connectivity index (χ4v) is 2.92. The summed E-state index contributed by atoms with van der Waals surface area (Å²) in [5, 5.41) is -0.324. The lowest BCUT2D eigenvalue weighted by molar-refractivity contribution is 0.795. The molecule has 0 aliphatic heterocycles. The third-order valence-corrected chi connectivity index (χ3v) is 4.75. The van der Waals surface area contributed by atoms with Gasteiger partial charge in [-0.25, -0.2) is 0 Å². The van der Waals surface area contributed by atoms with Gasteiger partial charge in [0, 0.05) is 4.48 Å². The van der Waals surface area contributed by atoms with Gasteiger partial charge in [-0.15, -0.1) is 23.2 Å². The van der Waals surface area contributed by atoms with Gasteiger partial charge in [-0.1, -0.05) is 53.9 Å². The normalized spacial score (nSPS) is 20.5. The second-order valence-electron chi connectivity index (χ2n) is 3.19. The molecule has 0 saturated heterocycles. The van der Waals surface area contributed by atoms with Gasteiger partial charge in [0.05, 0.1) is 10.3 Å². The molecule has 0 fully saturated rings. The Hall–Kier alpha value is 1.24. The fourth-order valence-electron chi connectivity index (χ4n) is 0.799. The van der Waals surface area contributed by atoms with Crippen molar-refractivity contribution in [3.8, 4) is 0 Å². The Morgan fingerprint density at radius 2 is 1.93 bits per heavy atom. The van der Waals surface area contributed by atoms with Gasteiger partial charge in [-0.2, -0.15) is 0 Å². The van der Waals surface area contributed by atoms with Crippen LogP contribution in [0.3, 0.4) is 0 Å². The van der Waals surface area contributed by atoms with E-state index < -0.39 is 4.87 Å². The van der Waals surface area contributed by atoms with Crippen molar-refractivity contribution < 1.29 is 0 Å². The van der Waals surface area contributed by atoms with Crippen LogP contribution in [0.15, 0.2) is 32.2 Å². The lowest BCUT2D eigenvalue weighted by Gasteiger charge is -2.23. The van der Waals surface area contributed by atoms with E-state index in [2.05, 4.69) is 47.8 Å². The minimum atomic E-state index is -0.632. The fraction of sp³-hybridized carbons (Fsp3) is 0.400. The van der Waals surface area contributed by atoms with Crippen LogP contribution in [0.5, 0.6) is 0 Å². The van der Waals surface area contributed by atoms with Crippen LogP contribution in [0.2, 0.25) is 0 Å². The topological polar surface area (TPSA) is 0 Å². The molecular weight excluding hydrogens is 431 g/mol. The summed E-state index contributed by atoms with van der Waals surface area (Å²) in [6, 6.07) is 0. The Bertz CT molecular complexity index is 293. The monoisotopic (exact) mass is 438 g/mol. The molecule has 0 radical (unpaired) electrons. The van der Waals surface area contributed by atoms with Crippen molar-refractivity contribution in [3.05, 3.63) is 32.2 Å². The molecule has 0 aromatic heterocycles. The average Bonchev–Trinajstić information content (AvgIpc) is 2.16. The maximum absolute atomic E-state index is 6.26. The van der Waals surface area contributed by atoms with Crippen molar-refractivity contribution in [1.82, 2.24) is 0 Å². The third kappa shape index (κ3) is 5.92. The number of hydrogen-bond donors (Lipinski definition) is 0. The first kappa shape index (κ1) is 16.2. The van der Waals surface area contributed by atoms with Gasteiger partial charge in [0.15, 0.2) is 0 Å². The van der Waals surface area contributed by atoms with Gasteiger partial charge in [-0.05, 0) is 35.5 Å². The summed E-state index contributed by atoms with van der Waals surface area (Å²) in [5.74, 6) is 0. The molecule has 0 aromatic rings. The molecule has 0 aliphatic rings. The summed E-state index contributed by atoms with van der Waals surface area (Å²) in [6.45, 7) is 3.82. The lowest BCUT2D eigenvalue weighted by atomic mass is 10.1. The number of rotatable bonds is 4. The maximum Gasteiger partial charge on any atom is 0.0874 e. The Kier molecular flexibility index (Phi) is 8.17. The average molecular weight is 442 g/mol. The molecule has 2 unspecified atom stereocenters. The molecule has 0 bridgehead atoms. The van der Waals surface area contributed by atoms with Crippen molar-refractivity contribution in [2.24, 2.45) is 0 Å². The molecule has 0 amide bonds. The summed E-state index contributed by atoms with van der Waals surface area (Å²) >= 11 is 22.4. The minimum Gasteiger partial charge on any atom is -0.115 e.